The zero-order chi connectivity index (χ0) is 12.4. The molecule has 1 atom stereocenters. The molecule has 0 spiro atoms. The minimum atomic E-state index is 0.324. The first-order chi connectivity index (χ1) is 8.08. The summed E-state index contributed by atoms with van der Waals surface area (Å²) in [6.07, 6.45) is 0. The van der Waals surface area contributed by atoms with Gasteiger partial charge in [0.2, 0.25) is 0 Å². The first-order valence-electron chi connectivity index (χ1n) is 5.33. The number of rotatable bonds is 3. The van der Waals surface area contributed by atoms with E-state index in [2.05, 4.69) is 53.2 Å². The average Bonchev–Trinajstić information content (AvgIpc) is 2.68. The zero-order valence-corrected chi connectivity index (χ0v) is 13.4. The standard InChI is InChI=1S/C13H13ClINS/c1-8-5-6-17-13(8)9(2)16-12-4-3-10(14)7-11(12)15/h3-7,9,16H,1-2H3. The van der Waals surface area contributed by atoms with Crippen LogP contribution in [-0.2, 0) is 0 Å². The molecule has 1 N–H and O–H groups in total. The summed E-state index contributed by atoms with van der Waals surface area (Å²) in [6, 6.07) is 8.40. The van der Waals surface area contributed by atoms with Gasteiger partial charge in [-0.15, -0.1) is 11.3 Å². The minimum Gasteiger partial charge on any atom is -0.377 e. The second-order valence-corrected chi connectivity index (χ2v) is 6.50. The van der Waals surface area contributed by atoms with Gasteiger partial charge in [-0.1, -0.05) is 11.6 Å². The van der Waals surface area contributed by atoms with Crippen molar-refractivity contribution >= 4 is 51.2 Å². The number of nitrogens with one attached hydrogen (secondary N) is 1. The summed E-state index contributed by atoms with van der Waals surface area (Å²) < 4.78 is 1.15. The fourth-order valence-corrected chi connectivity index (χ4v) is 3.70. The Morgan fingerprint density at radius 1 is 1.35 bits per heavy atom. The van der Waals surface area contributed by atoms with Crippen LogP contribution in [0.3, 0.4) is 0 Å². The van der Waals surface area contributed by atoms with Crippen molar-refractivity contribution in [1.29, 1.82) is 0 Å². The first-order valence-corrected chi connectivity index (χ1v) is 7.67. The summed E-state index contributed by atoms with van der Waals surface area (Å²) >= 11 is 10.0. The Hall–Kier alpha value is -0.260. The quantitative estimate of drug-likeness (QED) is 0.698. The molecule has 1 unspecified atom stereocenters. The number of thiophene rings is 1. The lowest BCUT2D eigenvalue weighted by molar-refractivity contribution is 0.898. The Bertz CT molecular complexity index is 524. The molecule has 4 heteroatoms. The molecule has 0 aliphatic rings. The summed E-state index contributed by atoms with van der Waals surface area (Å²) in [5, 5.41) is 6.44. The van der Waals surface area contributed by atoms with Crippen LogP contribution in [0.15, 0.2) is 29.6 Å². The van der Waals surface area contributed by atoms with E-state index >= 15 is 0 Å². The van der Waals surface area contributed by atoms with Gasteiger partial charge in [0.15, 0.2) is 0 Å². The van der Waals surface area contributed by atoms with Gasteiger partial charge in [-0.05, 0) is 71.6 Å². The number of anilines is 1. The minimum absolute atomic E-state index is 0.324. The van der Waals surface area contributed by atoms with Gasteiger partial charge in [0.1, 0.15) is 0 Å². The van der Waals surface area contributed by atoms with Gasteiger partial charge in [-0.3, -0.25) is 0 Å². The second kappa shape index (κ2) is 5.59. The van der Waals surface area contributed by atoms with Crippen LogP contribution in [0.4, 0.5) is 5.69 Å². The highest BCUT2D eigenvalue weighted by atomic mass is 127. The maximum atomic E-state index is 5.95. The van der Waals surface area contributed by atoms with Gasteiger partial charge < -0.3 is 5.32 Å². The van der Waals surface area contributed by atoms with Crippen LogP contribution in [0, 0.1) is 10.5 Å². The van der Waals surface area contributed by atoms with Crippen molar-refractivity contribution in [1.82, 2.24) is 0 Å². The Labute approximate surface area is 124 Å². The average molecular weight is 378 g/mol. The normalized spacial score (nSPS) is 12.5. The molecule has 0 saturated heterocycles. The maximum absolute atomic E-state index is 5.95. The molecule has 1 heterocycles. The molecule has 1 aromatic heterocycles. The van der Waals surface area contributed by atoms with E-state index in [4.69, 9.17) is 11.6 Å². The van der Waals surface area contributed by atoms with E-state index < -0.39 is 0 Å². The van der Waals surface area contributed by atoms with Crippen LogP contribution in [0.5, 0.6) is 0 Å². The number of hydrogen-bond acceptors (Lipinski definition) is 2. The van der Waals surface area contributed by atoms with Gasteiger partial charge in [-0.2, -0.15) is 0 Å². The van der Waals surface area contributed by atoms with Gasteiger partial charge in [-0.25, -0.2) is 0 Å². The van der Waals surface area contributed by atoms with Crippen LogP contribution in [0.25, 0.3) is 0 Å². The third-order valence-electron chi connectivity index (χ3n) is 2.60. The third kappa shape index (κ3) is 3.14. The summed E-state index contributed by atoms with van der Waals surface area (Å²) in [7, 11) is 0. The highest BCUT2D eigenvalue weighted by Gasteiger charge is 2.11. The molecule has 90 valence electrons. The molecule has 2 rings (SSSR count). The topological polar surface area (TPSA) is 12.0 Å². The lowest BCUT2D eigenvalue weighted by Gasteiger charge is -2.16. The van der Waals surface area contributed by atoms with Crippen LogP contribution < -0.4 is 5.32 Å². The molecule has 0 radical (unpaired) electrons. The third-order valence-corrected chi connectivity index (χ3v) is 4.93. The Morgan fingerprint density at radius 3 is 2.71 bits per heavy atom. The highest BCUT2D eigenvalue weighted by molar-refractivity contribution is 14.1. The Morgan fingerprint density at radius 2 is 2.12 bits per heavy atom. The smallest absolute Gasteiger partial charge is 0.0581 e. The van der Waals surface area contributed by atoms with Crippen LogP contribution in [0.1, 0.15) is 23.4 Å². The maximum Gasteiger partial charge on any atom is 0.0581 e. The fraction of sp³-hybridized carbons (Fsp3) is 0.231. The molecular formula is C13H13ClINS. The molecule has 0 aliphatic heterocycles. The van der Waals surface area contributed by atoms with E-state index in [0.717, 1.165) is 14.3 Å². The molecule has 0 fully saturated rings. The molecule has 2 aromatic rings. The lowest BCUT2D eigenvalue weighted by atomic mass is 10.2. The molecule has 0 bridgehead atoms. The monoisotopic (exact) mass is 377 g/mol. The van der Waals surface area contributed by atoms with Crippen molar-refractivity contribution in [3.8, 4) is 0 Å². The summed E-state index contributed by atoms with van der Waals surface area (Å²) in [5.74, 6) is 0. The van der Waals surface area contributed by atoms with Crippen molar-refractivity contribution in [2.75, 3.05) is 5.32 Å². The predicted molar refractivity (Wildman–Crippen MR) is 85.3 cm³/mol. The molecule has 1 nitrogen and oxygen atoms in total. The highest BCUT2D eigenvalue weighted by Crippen LogP contribution is 2.29. The summed E-state index contributed by atoms with van der Waals surface area (Å²) in [6.45, 7) is 4.33. The largest absolute Gasteiger partial charge is 0.377 e. The Balaban J connectivity index is 2.19. The molecule has 17 heavy (non-hydrogen) atoms. The van der Waals surface area contributed by atoms with Crippen LogP contribution in [0.2, 0.25) is 5.02 Å². The van der Waals surface area contributed by atoms with E-state index in [1.165, 1.54) is 10.4 Å². The molecule has 0 saturated carbocycles. The zero-order valence-electron chi connectivity index (χ0n) is 9.63. The first kappa shape index (κ1) is 13.2. The summed E-state index contributed by atoms with van der Waals surface area (Å²) in [4.78, 5) is 1.38. The van der Waals surface area contributed by atoms with Gasteiger partial charge in [0.25, 0.3) is 0 Å². The number of benzene rings is 1. The van der Waals surface area contributed by atoms with E-state index in [9.17, 15) is 0 Å². The van der Waals surface area contributed by atoms with Crippen molar-refractivity contribution in [2.24, 2.45) is 0 Å². The molecule has 1 aromatic carbocycles. The van der Waals surface area contributed by atoms with Crippen molar-refractivity contribution < 1.29 is 0 Å². The molecule has 0 aliphatic carbocycles. The van der Waals surface area contributed by atoms with Gasteiger partial charge in [0.05, 0.1) is 6.04 Å². The summed E-state index contributed by atoms with van der Waals surface area (Å²) in [5.41, 5.74) is 2.48. The van der Waals surface area contributed by atoms with Gasteiger partial charge >= 0.3 is 0 Å². The van der Waals surface area contributed by atoms with Crippen LogP contribution >= 0.6 is 45.5 Å². The van der Waals surface area contributed by atoms with Crippen molar-refractivity contribution in [3.63, 3.8) is 0 Å². The number of hydrogen-bond donors (Lipinski definition) is 1. The fourth-order valence-electron chi connectivity index (χ4n) is 1.73. The Kier molecular flexibility index (Phi) is 4.33. The van der Waals surface area contributed by atoms with E-state index in [1.807, 2.05) is 18.2 Å². The van der Waals surface area contributed by atoms with Crippen molar-refractivity contribution in [3.05, 3.63) is 48.7 Å². The van der Waals surface area contributed by atoms with E-state index in [1.54, 1.807) is 11.3 Å². The number of aryl methyl sites for hydroxylation is 1. The van der Waals surface area contributed by atoms with E-state index in [-0.39, 0.29) is 0 Å². The number of halogens is 2. The second-order valence-electron chi connectivity index (χ2n) is 3.96. The molecular weight excluding hydrogens is 365 g/mol. The SMILES string of the molecule is Cc1ccsc1C(C)Nc1ccc(Cl)cc1I. The van der Waals surface area contributed by atoms with Crippen LogP contribution in [-0.4, -0.2) is 0 Å². The predicted octanol–water partition coefficient (Wildman–Crippen LogP) is 5.49. The lowest BCUT2D eigenvalue weighted by Crippen LogP contribution is -2.07. The van der Waals surface area contributed by atoms with Crippen molar-refractivity contribution in [2.45, 2.75) is 19.9 Å². The van der Waals surface area contributed by atoms with E-state index in [0.29, 0.717) is 6.04 Å². The van der Waals surface area contributed by atoms with Gasteiger partial charge in [0, 0.05) is 19.2 Å². The molecule has 0 amide bonds.